The Labute approximate surface area is 110 Å². The highest BCUT2D eigenvalue weighted by Crippen LogP contribution is 2.22. The standard InChI is InChI=1S/C14H15NO4/c1-9-3-2-4-10(7-9)8-15-11(5-6-12(15)16)13(17)14(18)19/h2-4,7,11H,5-6,8H2,1H3,(H,18,19). The van der Waals surface area contributed by atoms with Crippen molar-refractivity contribution in [2.24, 2.45) is 0 Å². The van der Waals surface area contributed by atoms with E-state index < -0.39 is 17.8 Å². The summed E-state index contributed by atoms with van der Waals surface area (Å²) in [5, 5.41) is 8.77. The number of benzene rings is 1. The molecule has 1 atom stereocenters. The lowest BCUT2D eigenvalue weighted by Gasteiger charge is -2.22. The van der Waals surface area contributed by atoms with Gasteiger partial charge in [0.05, 0.1) is 0 Å². The van der Waals surface area contributed by atoms with Crippen LogP contribution in [0.3, 0.4) is 0 Å². The van der Waals surface area contributed by atoms with Crippen LogP contribution in [0.15, 0.2) is 24.3 Å². The molecule has 1 heterocycles. The van der Waals surface area contributed by atoms with E-state index >= 15 is 0 Å². The van der Waals surface area contributed by atoms with Crippen molar-refractivity contribution in [3.05, 3.63) is 35.4 Å². The Hall–Kier alpha value is -2.17. The third kappa shape index (κ3) is 2.81. The predicted octanol–water partition coefficient (Wildman–Crippen LogP) is 1.14. The second-order valence-corrected chi connectivity index (χ2v) is 4.73. The molecule has 5 nitrogen and oxygen atoms in total. The molecule has 2 rings (SSSR count). The molecule has 1 fully saturated rings. The van der Waals surface area contributed by atoms with Gasteiger partial charge < -0.3 is 10.0 Å². The molecule has 0 saturated carbocycles. The van der Waals surface area contributed by atoms with Gasteiger partial charge in [-0.25, -0.2) is 4.79 Å². The number of ketones is 1. The molecule has 1 unspecified atom stereocenters. The number of hydrogen-bond acceptors (Lipinski definition) is 3. The molecule has 0 aliphatic carbocycles. The van der Waals surface area contributed by atoms with Crippen LogP contribution in [0.4, 0.5) is 0 Å². The average molecular weight is 261 g/mol. The molecule has 1 aromatic rings. The third-order valence-corrected chi connectivity index (χ3v) is 3.28. The van der Waals surface area contributed by atoms with E-state index in [0.29, 0.717) is 0 Å². The number of aryl methyl sites for hydroxylation is 1. The molecule has 0 radical (unpaired) electrons. The van der Waals surface area contributed by atoms with Crippen LogP contribution in [-0.4, -0.2) is 33.7 Å². The molecular formula is C14H15NO4. The van der Waals surface area contributed by atoms with Crippen LogP contribution in [0.5, 0.6) is 0 Å². The third-order valence-electron chi connectivity index (χ3n) is 3.28. The van der Waals surface area contributed by atoms with Gasteiger partial charge in [-0.3, -0.25) is 9.59 Å². The SMILES string of the molecule is Cc1cccc(CN2C(=O)CCC2C(=O)C(=O)O)c1. The van der Waals surface area contributed by atoms with Crippen LogP contribution in [0, 0.1) is 6.92 Å². The summed E-state index contributed by atoms with van der Waals surface area (Å²) in [6, 6.07) is 6.77. The number of aliphatic carboxylic acids is 1. The molecule has 5 heteroatoms. The fraction of sp³-hybridized carbons (Fsp3) is 0.357. The Bertz CT molecular complexity index is 538. The van der Waals surface area contributed by atoms with Gasteiger partial charge in [0.25, 0.3) is 5.78 Å². The minimum atomic E-state index is -1.48. The van der Waals surface area contributed by atoms with Crippen molar-refractivity contribution in [2.45, 2.75) is 32.4 Å². The Morgan fingerprint density at radius 2 is 2.16 bits per heavy atom. The number of Topliss-reactive ketones (excluding diaryl/α,β-unsaturated/α-hetero) is 1. The molecule has 1 saturated heterocycles. The van der Waals surface area contributed by atoms with Crippen molar-refractivity contribution >= 4 is 17.7 Å². The normalized spacial score (nSPS) is 18.7. The van der Waals surface area contributed by atoms with Gasteiger partial charge in [-0.1, -0.05) is 29.8 Å². The molecule has 0 bridgehead atoms. The molecule has 0 aromatic heterocycles. The minimum Gasteiger partial charge on any atom is -0.475 e. The number of likely N-dealkylation sites (tertiary alicyclic amines) is 1. The van der Waals surface area contributed by atoms with Crippen molar-refractivity contribution in [1.82, 2.24) is 4.90 Å². The van der Waals surface area contributed by atoms with E-state index in [1.54, 1.807) is 0 Å². The van der Waals surface area contributed by atoms with Gasteiger partial charge in [0.1, 0.15) is 6.04 Å². The number of carboxylic acids is 1. The van der Waals surface area contributed by atoms with Gasteiger partial charge in [0, 0.05) is 13.0 Å². The monoisotopic (exact) mass is 261 g/mol. The van der Waals surface area contributed by atoms with Crippen LogP contribution in [-0.2, 0) is 20.9 Å². The lowest BCUT2D eigenvalue weighted by Crippen LogP contribution is -2.41. The second kappa shape index (κ2) is 5.22. The van der Waals surface area contributed by atoms with Crippen molar-refractivity contribution in [3.8, 4) is 0 Å². The summed E-state index contributed by atoms with van der Waals surface area (Å²) in [4.78, 5) is 35.5. The average Bonchev–Trinajstić information content (AvgIpc) is 2.70. The fourth-order valence-electron chi connectivity index (χ4n) is 2.35. The smallest absolute Gasteiger partial charge is 0.374 e. The topological polar surface area (TPSA) is 74.7 Å². The zero-order valence-corrected chi connectivity index (χ0v) is 10.6. The van der Waals surface area contributed by atoms with E-state index in [1.807, 2.05) is 31.2 Å². The first-order valence-corrected chi connectivity index (χ1v) is 6.11. The quantitative estimate of drug-likeness (QED) is 0.825. The maximum Gasteiger partial charge on any atom is 0.374 e. The van der Waals surface area contributed by atoms with Crippen molar-refractivity contribution in [1.29, 1.82) is 0 Å². The van der Waals surface area contributed by atoms with E-state index in [2.05, 4.69) is 0 Å². The number of amides is 1. The predicted molar refractivity (Wildman–Crippen MR) is 67.4 cm³/mol. The van der Waals surface area contributed by atoms with E-state index in [-0.39, 0.29) is 25.3 Å². The largest absolute Gasteiger partial charge is 0.475 e. The second-order valence-electron chi connectivity index (χ2n) is 4.73. The molecule has 1 aliphatic rings. The summed E-state index contributed by atoms with van der Waals surface area (Å²) in [6.45, 7) is 2.22. The summed E-state index contributed by atoms with van der Waals surface area (Å²) in [5.74, 6) is -2.55. The number of hydrogen-bond donors (Lipinski definition) is 1. The Balaban J connectivity index is 2.18. The van der Waals surface area contributed by atoms with Gasteiger partial charge in [0.2, 0.25) is 5.91 Å². The highest BCUT2D eigenvalue weighted by Gasteiger charge is 2.38. The van der Waals surface area contributed by atoms with Crippen LogP contribution < -0.4 is 0 Å². The van der Waals surface area contributed by atoms with Crippen molar-refractivity contribution in [3.63, 3.8) is 0 Å². The van der Waals surface area contributed by atoms with Gasteiger partial charge >= 0.3 is 5.97 Å². The van der Waals surface area contributed by atoms with Crippen LogP contribution >= 0.6 is 0 Å². The number of carbonyl (C=O) groups excluding carboxylic acids is 2. The molecular weight excluding hydrogens is 246 g/mol. The summed E-state index contributed by atoms with van der Waals surface area (Å²) in [6.07, 6.45) is 0.519. The van der Waals surface area contributed by atoms with Crippen molar-refractivity contribution < 1.29 is 19.5 Å². The number of nitrogens with zero attached hydrogens (tertiary/aromatic N) is 1. The molecule has 100 valence electrons. The zero-order valence-electron chi connectivity index (χ0n) is 10.6. The molecule has 0 spiro atoms. The number of rotatable bonds is 4. The molecule has 1 N–H and O–H groups in total. The lowest BCUT2D eigenvalue weighted by molar-refractivity contribution is -0.152. The Morgan fingerprint density at radius 1 is 1.42 bits per heavy atom. The van der Waals surface area contributed by atoms with Crippen LogP contribution in [0.1, 0.15) is 24.0 Å². The lowest BCUT2D eigenvalue weighted by atomic mass is 10.1. The summed E-state index contributed by atoms with van der Waals surface area (Å²) < 4.78 is 0. The highest BCUT2D eigenvalue weighted by atomic mass is 16.4. The molecule has 1 aliphatic heterocycles. The first kappa shape index (κ1) is 13.3. The Kier molecular flexibility index (Phi) is 3.64. The fourth-order valence-corrected chi connectivity index (χ4v) is 2.35. The van der Waals surface area contributed by atoms with Crippen molar-refractivity contribution in [2.75, 3.05) is 0 Å². The Morgan fingerprint density at radius 3 is 2.79 bits per heavy atom. The maximum atomic E-state index is 11.8. The molecule has 1 aromatic carbocycles. The van der Waals surface area contributed by atoms with Gasteiger partial charge in [-0.05, 0) is 18.9 Å². The van der Waals surface area contributed by atoms with Gasteiger partial charge in [-0.2, -0.15) is 0 Å². The van der Waals surface area contributed by atoms with Crippen LogP contribution in [0.25, 0.3) is 0 Å². The zero-order chi connectivity index (χ0) is 14.0. The van der Waals surface area contributed by atoms with E-state index in [4.69, 9.17) is 5.11 Å². The first-order chi connectivity index (χ1) is 8.99. The first-order valence-electron chi connectivity index (χ1n) is 6.11. The molecule has 1 amide bonds. The minimum absolute atomic E-state index is 0.166. The maximum absolute atomic E-state index is 11.8. The van der Waals surface area contributed by atoms with Crippen LogP contribution in [0.2, 0.25) is 0 Å². The summed E-state index contributed by atoms with van der Waals surface area (Å²) >= 11 is 0. The van der Waals surface area contributed by atoms with E-state index in [0.717, 1.165) is 11.1 Å². The highest BCUT2D eigenvalue weighted by molar-refractivity contribution is 6.35. The number of carbonyl (C=O) groups is 3. The summed E-state index contributed by atoms with van der Waals surface area (Å²) in [5.41, 5.74) is 1.96. The van der Waals surface area contributed by atoms with E-state index in [9.17, 15) is 14.4 Å². The van der Waals surface area contributed by atoms with E-state index in [1.165, 1.54) is 4.90 Å². The summed E-state index contributed by atoms with van der Waals surface area (Å²) in [7, 11) is 0. The number of carboxylic acid groups (broad SMARTS) is 1. The molecule has 19 heavy (non-hydrogen) atoms. The van der Waals surface area contributed by atoms with Gasteiger partial charge in [-0.15, -0.1) is 0 Å². The van der Waals surface area contributed by atoms with Gasteiger partial charge in [0.15, 0.2) is 0 Å².